The predicted molar refractivity (Wildman–Crippen MR) is 91.1 cm³/mol. The van der Waals surface area contributed by atoms with Crippen LogP contribution in [-0.2, 0) is 9.53 Å². The van der Waals surface area contributed by atoms with Gasteiger partial charge in [0.2, 0.25) is 5.91 Å². The summed E-state index contributed by atoms with van der Waals surface area (Å²) < 4.78 is 5.76. The third kappa shape index (κ3) is 6.77. The second kappa shape index (κ2) is 10.6. The van der Waals surface area contributed by atoms with Crippen LogP contribution in [0, 0.1) is 0 Å². The van der Waals surface area contributed by atoms with Crippen molar-refractivity contribution in [1.82, 2.24) is 5.32 Å². The molecule has 1 aliphatic carbocycles. The van der Waals surface area contributed by atoms with Crippen molar-refractivity contribution in [3.8, 4) is 0 Å². The van der Waals surface area contributed by atoms with Crippen LogP contribution in [0.15, 0.2) is 30.3 Å². The Morgan fingerprint density at radius 3 is 2.64 bits per heavy atom. The molecule has 0 radical (unpaired) electrons. The average Bonchev–Trinajstić information content (AvgIpc) is 3.01. The van der Waals surface area contributed by atoms with Crippen LogP contribution in [0.5, 0.6) is 0 Å². The molecule has 1 unspecified atom stereocenters. The van der Waals surface area contributed by atoms with Crippen LogP contribution in [0.3, 0.4) is 0 Å². The van der Waals surface area contributed by atoms with Crippen LogP contribution in [0.2, 0.25) is 0 Å². The predicted octanol–water partition coefficient (Wildman–Crippen LogP) is 2.96. The zero-order valence-electron chi connectivity index (χ0n) is 13.0. The van der Waals surface area contributed by atoms with Gasteiger partial charge in [0.25, 0.3) is 0 Å². The first-order valence-electron chi connectivity index (χ1n) is 7.94. The molecule has 22 heavy (non-hydrogen) atoms. The van der Waals surface area contributed by atoms with Crippen LogP contribution in [0.4, 0.5) is 0 Å². The van der Waals surface area contributed by atoms with Gasteiger partial charge in [0.1, 0.15) is 0 Å². The van der Waals surface area contributed by atoms with Crippen molar-refractivity contribution in [3.63, 3.8) is 0 Å². The standard InChI is InChI=1S/C17H26N2O2.ClH/c18-16(14-7-2-1-3-8-14)13-17(20)19-11-6-12-21-15-9-4-5-10-15;/h1-3,7-8,15-16H,4-6,9-13,18H2,(H,19,20);1H. The lowest BCUT2D eigenvalue weighted by molar-refractivity contribution is -0.121. The van der Waals surface area contributed by atoms with Gasteiger partial charge in [-0.05, 0) is 24.8 Å². The highest BCUT2D eigenvalue weighted by molar-refractivity contribution is 5.85. The molecule has 3 N–H and O–H groups in total. The van der Waals surface area contributed by atoms with E-state index in [1.807, 2.05) is 30.3 Å². The third-order valence-corrected chi connectivity index (χ3v) is 3.93. The number of carbonyl (C=O) groups is 1. The molecule has 0 bridgehead atoms. The fourth-order valence-corrected chi connectivity index (χ4v) is 2.69. The Hall–Kier alpha value is -1.10. The SMILES string of the molecule is Cl.NC(CC(=O)NCCCOC1CCCC1)c1ccccc1. The second-order valence-corrected chi connectivity index (χ2v) is 5.70. The van der Waals surface area contributed by atoms with E-state index in [1.54, 1.807) is 0 Å². The summed E-state index contributed by atoms with van der Waals surface area (Å²) in [6.45, 7) is 1.39. The monoisotopic (exact) mass is 326 g/mol. The van der Waals surface area contributed by atoms with E-state index < -0.39 is 0 Å². The third-order valence-electron chi connectivity index (χ3n) is 3.93. The quantitative estimate of drug-likeness (QED) is 0.722. The molecule has 1 aliphatic rings. The van der Waals surface area contributed by atoms with Gasteiger partial charge in [-0.25, -0.2) is 0 Å². The maximum absolute atomic E-state index is 11.8. The number of amides is 1. The largest absolute Gasteiger partial charge is 0.378 e. The molecule has 0 spiro atoms. The number of hydrogen-bond donors (Lipinski definition) is 2. The normalized spacial score (nSPS) is 16.0. The summed E-state index contributed by atoms with van der Waals surface area (Å²) >= 11 is 0. The minimum atomic E-state index is -0.235. The summed E-state index contributed by atoms with van der Waals surface area (Å²) in [6.07, 6.45) is 6.61. The smallest absolute Gasteiger partial charge is 0.221 e. The van der Waals surface area contributed by atoms with Crippen LogP contribution >= 0.6 is 12.4 Å². The number of rotatable bonds is 8. The lowest BCUT2D eigenvalue weighted by Gasteiger charge is -2.13. The van der Waals surface area contributed by atoms with Gasteiger partial charge in [-0.3, -0.25) is 4.79 Å². The number of hydrogen-bond acceptors (Lipinski definition) is 3. The van der Waals surface area contributed by atoms with Gasteiger partial charge in [-0.2, -0.15) is 0 Å². The molecule has 1 saturated carbocycles. The number of nitrogens with two attached hydrogens (primary N) is 1. The summed E-state index contributed by atoms with van der Waals surface area (Å²) in [5, 5.41) is 2.91. The highest BCUT2D eigenvalue weighted by atomic mass is 35.5. The maximum atomic E-state index is 11.8. The minimum Gasteiger partial charge on any atom is -0.378 e. The van der Waals surface area contributed by atoms with Gasteiger partial charge in [0.15, 0.2) is 0 Å². The zero-order chi connectivity index (χ0) is 14.9. The number of nitrogens with one attached hydrogen (secondary N) is 1. The van der Waals surface area contributed by atoms with Crippen LogP contribution in [0.25, 0.3) is 0 Å². The lowest BCUT2D eigenvalue weighted by atomic mass is 10.0. The molecular formula is C17H27ClN2O2. The van der Waals surface area contributed by atoms with Gasteiger partial charge in [-0.1, -0.05) is 43.2 Å². The Morgan fingerprint density at radius 2 is 1.95 bits per heavy atom. The van der Waals surface area contributed by atoms with E-state index >= 15 is 0 Å². The van der Waals surface area contributed by atoms with E-state index in [0.29, 0.717) is 19.1 Å². The maximum Gasteiger partial charge on any atom is 0.221 e. The molecule has 1 fully saturated rings. The Labute approximate surface area is 139 Å². The molecule has 1 atom stereocenters. The van der Waals surface area contributed by atoms with Crippen molar-refractivity contribution in [2.24, 2.45) is 5.73 Å². The topological polar surface area (TPSA) is 64.4 Å². The first-order chi connectivity index (χ1) is 10.3. The van der Waals surface area contributed by atoms with Crippen molar-refractivity contribution < 1.29 is 9.53 Å². The lowest BCUT2D eigenvalue weighted by Crippen LogP contribution is -2.29. The highest BCUT2D eigenvalue weighted by Gasteiger charge is 2.15. The molecule has 124 valence electrons. The van der Waals surface area contributed by atoms with Gasteiger partial charge < -0.3 is 15.8 Å². The van der Waals surface area contributed by atoms with Crippen molar-refractivity contribution >= 4 is 18.3 Å². The molecule has 2 rings (SSSR count). The van der Waals surface area contributed by atoms with E-state index in [-0.39, 0.29) is 24.4 Å². The second-order valence-electron chi connectivity index (χ2n) is 5.70. The Kier molecular flexibility index (Phi) is 9.13. The zero-order valence-corrected chi connectivity index (χ0v) is 13.8. The molecule has 1 amide bonds. The molecule has 0 aromatic heterocycles. The molecule has 0 aliphatic heterocycles. The van der Waals surface area contributed by atoms with Crippen molar-refractivity contribution in [2.75, 3.05) is 13.2 Å². The minimum absolute atomic E-state index is 0. The summed E-state index contributed by atoms with van der Waals surface area (Å²) in [5.41, 5.74) is 7.02. The van der Waals surface area contributed by atoms with Gasteiger partial charge >= 0.3 is 0 Å². The molecular weight excluding hydrogens is 300 g/mol. The number of ether oxygens (including phenoxy) is 1. The summed E-state index contributed by atoms with van der Waals surface area (Å²) in [5.74, 6) is 0.00668. The van der Waals surface area contributed by atoms with E-state index in [4.69, 9.17) is 10.5 Å². The van der Waals surface area contributed by atoms with Crippen LogP contribution < -0.4 is 11.1 Å². The number of benzene rings is 1. The van der Waals surface area contributed by atoms with Crippen molar-refractivity contribution in [2.45, 2.75) is 50.7 Å². The Balaban J connectivity index is 0.00000242. The van der Waals surface area contributed by atoms with E-state index in [2.05, 4.69) is 5.32 Å². The molecule has 5 heteroatoms. The summed E-state index contributed by atoms with van der Waals surface area (Å²) in [4.78, 5) is 11.8. The Bertz CT molecular complexity index is 422. The highest BCUT2D eigenvalue weighted by Crippen LogP contribution is 2.20. The average molecular weight is 327 g/mol. The summed E-state index contributed by atoms with van der Waals surface area (Å²) in [7, 11) is 0. The van der Waals surface area contributed by atoms with Gasteiger partial charge in [-0.15, -0.1) is 12.4 Å². The van der Waals surface area contributed by atoms with Crippen LogP contribution in [-0.4, -0.2) is 25.2 Å². The number of carbonyl (C=O) groups excluding carboxylic acids is 1. The van der Waals surface area contributed by atoms with Crippen LogP contribution in [0.1, 0.15) is 50.1 Å². The number of halogens is 1. The van der Waals surface area contributed by atoms with Gasteiger partial charge in [0.05, 0.1) is 6.10 Å². The van der Waals surface area contributed by atoms with E-state index in [1.165, 1.54) is 25.7 Å². The van der Waals surface area contributed by atoms with Gasteiger partial charge in [0, 0.05) is 25.6 Å². The molecule has 1 aromatic rings. The molecule has 4 nitrogen and oxygen atoms in total. The fourth-order valence-electron chi connectivity index (χ4n) is 2.69. The van der Waals surface area contributed by atoms with Crippen molar-refractivity contribution in [3.05, 3.63) is 35.9 Å². The molecule has 0 saturated heterocycles. The fraction of sp³-hybridized carbons (Fsp3) is 0.588. The van der Waals surface area contributed by atoms with Crippen molar-refractivity contribution in [1.29, 1.82) is 0 Å². The summed E-state index contributed by atoms with van der Waals surface area (Å²) in [6, 6.07) is 9.49. The molecule has 0 heterocycles. The van der Waals surface area contributed by atoms with E-state index in [9.17, 15) is 4.79 Å². The Morgan fingerprint density at radius 1 is 1.27 bits per heavy atom. The first-order valence-corrected chi connectivity index (χ1v) is 7.94. The van der Waals surface area contributed by atoms with E-state index in [0.717, 1.165) is 18.6 Å². The first kappa shape index (κ1) is 18.9. The molecule has 1 aromatic carbocycles.